The summed E-state index contributed by atoms with van der Waals surface area (Å²) in [5, 5.41) is 16.1. The first-order valence-corrected chi connectivity index (χ1v) is 9.21. The minimum absolute atomic E-state index is 0.0739. The number of nitro benzene ring substituents is 1. The number of nitrogens with zero attached hydrogens (tertiary/aromatic N) is 3. The van der Waals surface area contributed by atoms with Crippen LogP contribution in [0.3, 0.4) is 0 Å². The summed E-state index contributed by atoms with van der Waals surface area (Å²) in [6.45, 7) is 0. The summed E-state index contributed by atoms with van der Waals surface area (Å²) in [6, 6.07) is 16.8. The maximum absolute atomic E-state index is 12.1. The van der Waals surface area contributed by atoms with Crippen LogP contribution in [0.5, 0.6) is 0 Å². The van der Waals surface area contributed by atoms with Crippen molar-refractivity contribution in [1.29, 1.82) is 0 Å². The quantitative estimate of drug-likeness (QED) is 0.283. The van der Waals surface area contributed by atoms with Crippen LogP contribution in [0.4, 0.5) is 5.69 Å². The van der Waals surface area contributed by atoms with Gasteiger partial charge in [-0.2, -0.15) is 5.10 Å². The summed E-state index contributed by atoms with van der Waals surface area (Å²) >= 11 is 1.32. The normalized spacial score (nSPS) is 11.2. The molecule has 0 atom stereocenters. The molecule has 0 aliphatic carbocycles. The zero-order valence-corrected chi connectivity index (χ0v) is 15.6. The topological polar surface area (TPSA) is 126 Å². The van der Waals surface area contributed by atoms with Crippen molar-refractivity contribution in [2.24, 2.45) is 5.10 Å². The lowest BCUT2D eigenvalue weighted by atomic mass is 10.2. The molecular formula is C19H13N5O4S. The van der Waals surface area contributed by atoms with Gasteiger partial charge in [0.25, 0.3) is 11.6 Å². The van der Waals surface area contributed by atoms with Crippen LogP contribution in [0.1, 0.15) is 16.1 Å². The minimum Gasteiger partial charge on any atom is -0.448 e. The Morgan fingerprint density at radius 3 is 2.79 bits per heavy atom. The Morgan fingerprint density at radius 1 is 1.17 bits per heavy atom. The molecule has 0 bridgehead atoms. The first kappa shape index (κ1) is 18.4. The summed E-state index contributed by atoms with van der Waals surface area (Å²) in [6.07, 6.45) is 1.31. The Labute approximate surface area is 168 Å². The summed E-state index contributed by atoms with van der Waals surface area (Å²) in [7, 11) is 0. The fourth-order valence-electron chi connectivity index (χ4n) is 2.57. The third-order valence-corrected chi connectivity index (χ3v) is 4.68. The van der Waals surface area contributed by atoms with Crippen LogP contribution in [0.15, 0.2) is 80.4 Å². The van der Waals surface area contributed by atoms with Gasteiger partial charge in [-0.3, -0.25) is 14.9 Å². The molecule has 0 spiro atoms. The second kappa shape index (κ2) is 7.98. The molecule has 0 saturated carbocycles. The number of aromatic amines is 1. The van der Waals surface area contributed by atoms with Crippen LogP contribution in [-0.4, -0.2) is 27.0 Å². The Balaban J connectivity index is 1.40. The fraction of sp³-hybridized carbons (Fsp3) is 0. The summed E-state index contributed by atoms with van der Waals surface area (Å²) in [4.78, 5) is 30.1. The van der Waals surface area contributed by atoms with E-state index in [0.29, 0.717) is 16.0 Å². The number of nitrogens with one attached hydrogen (secondary N) is 2. The number of fused-ring (bicyclic) bond motifs is 1. The molecule has 2 aromatic carbocycles. The number of hydrogen-bond acceptors (Lipinski definition) is 7. The van der Waals surface area contributed by atoms with E-state index in [-0.39, 0.29) is 11.3 Å². The van der Waals surface area contributed by atoms with Gasteiger partial charge in [-0.15, -0.1) is 0 Å². The number of imidazole rings is 1. The van der Waals surface area contributed by atoms with Gasteiger partial charge < -0.3 is 9.40 Å². The van der Waals surface area contributed by atoms with E-state index in [1.54, 1.807) is 18.2 Å². The van der Waals surface area contributed by atoms with Gasteiger partial charge >= 0.3 is 0 Å². The van der Waals surface area contributed by atoms with Crippen molar-refractivity contribution in [2.45, 2.75) is 10.2 Å². The van der Waals surface area contributed by atoms with Gasteiger partial charge in [0.1, 0.15) is 11.3 Å². The molecule has 0 fully saturated rings. The summed E-state index contributed by atoms with van der Waals surface area (Å²) < 4.78 is 5.63. The number of furan rings is 1. The lowest BCUT2D eigenvalue weighted by molar-refractivity contribution is -0.385. The molecule has 0 unspecified atom stereocenters. The van der Waals surface area contributed by atoms with E-state index in [2.05, 4.69) is 20.5 Å². The van der Waals surface area contributed by atoms with Crippen LogP contribution < -0.4 is 5.43 Å². The highest BCUT2D eigenvalue weighted by Crippen LogP contribution is 2.28. The van der Waals surface area contributed by atoms with E-state index in [9.17, 15) is 14.9 Å². The van der Waals surface area contributed by atoms with Crippen molar-refractivity contribution in [3.05, 3.63) is 82.1 Å². The molecule has 9 nitrogen and oxygen atoms in total. The third kappa shape index (κ3) is 4.17. The molecule has 4 aromatic rings. The predicted octanol–water partition coefficient (Wildman–Crippen LogP) is 3.98. The molecule has 1 amide bonds. The molecule has 0 saturated heterocycles. The fourth-order valence-corrected chi connectivity index (χ4v) is 3.34. The SMILES string of the molecule is O=C(N/N=C\c1ccc(Sc2nc3ccccc3[nH]2)o1)c1ccccc1[N+](=O)[O-]. The highest BCUT2D eigenvalue weighted by atomic mass is 32.2. The minimum atomic E-state index is -0.683. The van der Waals surface area contributed by atoms with Gasteiger partial charge in [-0.1, -0.05) is 24.3 Å². The second-order valence-electron chi connectivity index (χ2n) is 5.79. The van der Waals surface area contributed by atoms with E-state index < -0.39 is 10.8 Å². The van der Waals surface area contributed by atoms with Crippen LogP contribution >= 0.6 is 11.8 Å². The van der Waals surface area contributed by atoms with E-state index in [1.807, 2.05) is 24.3 Å². The second-order valence-corrected chi connectivity index (χ2v) is 6.78. The van der Waals surface area contributed by atoms with Gasteiger partial charge in [0.2, 0.25) is 0 Å². The Kier molecular flexibility index (Phi) is 5.08. The first-order chi connectivity index (χ1) is 14.1. The molecule has 2 heterocycles. The molecule has 0 radical (unpaired) electrons. The summed E-state index contributed by atoms with van der Waals surface area (Å²) in [5.74, 6) is -0.275. The molecule has 2 N–H and O–H groups in total. The van der Waals surface area contributed by atoms with E-state index in [1.165, 1.54) is 36.2 Å². The zero-order chi connectivity index (χ0) is 20.2. The highest BCUT2D eigenvalue weighted by Gasteiger charge is 2.18. The standard InChI is InChI=1S/C19H13N5O4S/c25-18(13-5-1-4-8-16(13)24(26)27)23-20-11-12-9-10-17(28-12)29-19-21-14-6-2-3-7-15(14)22-19/h1-11H,(H,21,22)(H,23,25)/b20-11-. The van der Waals surface area contributed by atoms with E-state index in [4.69, 9.17) is 4.42 Å². The number of para-hydroxylation sites is 3. The molecular weight excluding hydrogens is 394 g/mol. The van der Waals surface area contributed by atoms with E-state index in [0.717, 1.165) is 11.0 Å². The average molecular weight is 407 g/mol. The van der Waals surface area contributed by atoms with Crippen molar-refractivity contribution in [3.63, 3.8) is 0 Å². The van der Waals surface area contributed by atoms with Crippen molar-refractivity contribution in [1.82, 2.24) is 15.4 Å². The van der Waals surface area contributed by atoms with Gasteiger partial charge in [-0.05, 0) is 42.1 Å². The summed E-state index contributed by atoms with van der Waals surface area (Å²) in [5.41, 5.74) is 3.69. The predicted molar refractivity (Wildman–Crippen MR) is 107 cm³/mol. The van der Waals surface area contributed by atoms with Crippen LogP contribution in [0, 0.1) is 10.1 Å². The lowest BCUT2D eigenvalue weighted by Crippen LogP contribution is -2.18. The number of hydrazone groups is 1. The van der Waals surface area contributed by atoms with Gasteiger partial charge in [-0.25, -0.2) is 10.4 Å². The molecule has 2 aromatic heterocycles. The number of aromatic nitrogens is 2. The number of rotatable bonds is 6. The number of nitro groups is 1. The maximum Gasteiger partial charge on any atom is 0.282 e. The number of benzene rings is 2. The monoisotopic (exact) mass is 407 g/mol. The molecule has 4 rings (SSSR count). The average Bonchev–Trinajstić information content (AvgIpc) is 3.34. The van der Waals surface area contributed by atoms with Gasteiger partial charge in [0.05, 0.1) is 22.2 Å². The van der Waals surface area contributed by atoms with Crippen molar-refractivity contribution < 1.29 is 14.1 Å². The highest BCUT2D eigenvalue weighted by molar-refractivity contribution is 7.99. The van der Waals surface area contributed by atoms with Crippen molar-refractivity contribution in [3.8, 4) is 0 Å². The van der Waals surface area contributed by atoms with Gasteiger partial charge in [0, 0.05) is 6.07 Å². The third-order valence-electron chi connectivity index (χ3n) is 3.87. The molecule has 0 aliphatic rings. The van der Waals surface area contributed by atoms with Crippen LogP contribution in [0.25, 0.3) is 11.0 Å². The lowest BCUT2D eigenvalue weighted by Gasteiger charge is -2.00. The maximum atomic E-state index is 12.1. The number of carbonyl (C=O) groups excluding carboxylic acids is 1. The zero-order valence-electron chi connectivity index (χ0n) is 14.7. The smallest absolute Gasteiger partial charge is 0.282 e. The first-order valence-electron chi connectivity index (χ1n) is 8.39. The number of hydrogen-bond donors (Lipinski definition) is 2. The Bertz CT molecular complexity index is 1200. The van der Waals surface area contributed by atoms with Crippen LogP contribution in [-0.2, 0) is 0 Å². The largest absolute Gasteiger partial charge is 0.448 e. The van der Waals surface area contributed by atoms with Crippen molar-refractivity contribution >= 4 is 40.6 Å². The number of carbonyl (C=O) groups is 1. The molecule has 144 valence electrons. The number of amides is 1. The molecule has 10 heteroatoms. The van der Waals surface area contributed by atoms with E-state index >= 15 is 0 Å². The molecule has 0 aliphatic heterocycles. The Morgan fingerprint density at radius 2 is 1.97 bits per heavy atom. The van der Waals surface area contributed by atoms with Crippen LogP contribution in [0.2, 0.25) is 0 Å². The number of H-pyrrole nitrogens is 1. The molecule has 29 heavy (non-hydrogen) atoms. The van der Waals surface area contributed by atoms with Crippen molar-refractivity contribution in [2.75, 3.05) is 0 Å². The van der Waals surface area contributed by atoms with Gasteiger partial charge in [0.15, 0.2) is 10.2 Å². The Hall–Kier alpha value is -3.92.